The lowest BCUT2D eigenvalue weighted by Gasteiger charge is -2.26. The smallest absolute Gasteiger partial charge is 0.338 e. The lowest BCUT2D eigenvalue weighted by Crippen LogP contribution is -2.42. The molecule has 170 valence electrons. The number of ether oxygens (including phenoxy) is 1. The minimum absolute atomic E-state index is 0.00289. The Kier molecular flexibility index (Phi) is 8.38. The summed E-state index contributed by atoms with van der Waals surface area (Å²) in [4.78, 5) is 26.2. The maximum absolute atomic E-state index is 14.1. The normalized spacial score (nSPS) is 10.4. The largest absolute Gasteiger partial charge is 0.462 e. The molecule has 0 radical (unpaired) electrons. The second-order valence-corrected chi connectivity index (χ2v) is 7.99. The molecule has 9 heteroatoms. The van der Waals surface area contributed by atoms with E-state index in [1.807, 2.05) is 0 Å². The van der Waals surface area contributed by atoms with Gasteiger partial charge in [-0.05, 0) is 67.7 Å². The Balaban J connectivity index is 1.93. The molecule has 3 aromatic carbocycles. The van der Waals surface area contributed by atoms with E-state index < -0.39 is 17.7 Å². The number of esters is 1. The molecule has 0 aliphatic carbocycles. The number of carbonyl (C=O) groups is 2. The molecule has 0 aromatic heterocycles. The molecule has 0 atom stereocenters. The molecule has 5 nitrogen and oxygen atoms in total. The predicted molar refractivity (Wildman–Crippen MR) is 132 cm³/mol. The van der Waals surface area contributed by atoms with Gasteiger partial charge in [0.05, 0.1) is 24.3 Å². The van der Waals surface area contributed by atoms with Crippen molar-refractivity contribution in [3.05, 3.63) is 99.3 Å². The fourth-order valence-corrected chi connectivity index (χ4v) is 3.77. The zero-order chi connectivity index (χ0) is 24.0. The van der Waals surface area contributed by atoms with Crippen molar-refractivity contribution in [1.29, 1.82) is 0 Å². The maximum atomic E-state index is 14.1. The van der Waals surface area contributed by atoms with E-state index in [0.717, 1.165) is 0 Å². The quantitative estimate of drug-likeness (QED) is 0.328. The van der Waals surface area contributed by atoms with Crippen LogP contribution >= 0.6 is 35.4 Å². The summed E-state index contributed by atoms with van der Waals surface area (Å²) in [6.45, 7) is 2.09. The second-order valence-electron chi connectivity index (χ2n) is 6.79. The highest BCUT2D eigenvalue weighted by Gasteiger charge is 2.20. The molecule has 0 spiro atoms. The molecule has 3 rings (SSSR count). The molecule has 0 saturated heterocycles. The number of nitrogens with zero attached hydrogens (tertiary/aromatic N) is 1. The van der Waals surface area contributed by atoms with Crippen molar-refractivity contribution in [1.82, 2.24) is 5.32 Å². The van der Waals surface area contributed by atoms with Crippen LogP contribution in [0.1, 0.15) is 33.2 Å². The van der Waals surface area contributed by atoms with E-state index in [9.17, 15) is 14.0 Å². The molecule has 0 heterocycles. The number of thiocarbonyl (C=S) groups is 1. The standard InChI is InChI=1S/C24H19Cl2FN2O3S/c1-2-32-23(31)15-10-12-16(13-11-15)29(14-18-19(25)7-5-8-20(18)26)24(33)28-22(30)17-6-3-4-9-21(17)27/h3-13H,2,14H2,1H3,(H,28,30,33). The summed E-state index contributed by atoms with van der Waals surface area (Å²) >= 11 is 18.2. The molecule has 0 aliphatic heterocycles. The molecule has 1 N–H and O–H groups in total. The average molecular weight is 505 g/mol. The molecule has 1 amide bonds. The zero-order valence-corrected chi connectivity index (χ0v) is 19.8. The van der Waals surface area contributed by atoms with Crippen LogP contribution in [0.25, 0.3) is 0 Å². The van der Waals surface area contributed by atoms with Gasteiger partial charge < -0.3 is 9.64 Å². The van der Waals surface area contributed by atoms with Crippen molar-refractivity contribution in [2.24, 2.45) is 0 Å². The maximum Gasteiger partial charge on any atom is 0.338 e. The molecular formula is C24H19Cl2FN2O3S. The van der Waals surface area contributed by atoms with Gasteiger partial charge in [-0.25, -0.2) is 9.18 Å². The van der Waals surface area contributed by atoms with E-state index >= 15 is 0 Å². The first-order chi connectivity index (χ1) is 15.8. The van der Waals surface area contributed by atoms with Gasteiger partial charge in [0, 0.05) is 21.3 Å². The van der Waals surface area contributed by atoms with Gasteiger partial charge in [-0.15, -0.1) is 0 Å². The monoisotopic (exact) mass is 504 g/mol. The molecule has 0 bridgehead atoms. The Morgan fingerprint density at radius 3 is 2.24 bits per heavy atom. The minimum Gasteiger partial charge on any atom is -0.462 e. The number of nitrogens with one attached hydrogen (secondary N) is 1. The van der Waals surface area contributed by atoms with Gasteiger partial charge in [0.1, 0.15) is 5.82 Å². The molecule has 0 fully saturated rings. The van der Waals surface area contributed by atoms with Crippen LogP contribution in [0.4, 0.5) is 10.1 Å². The Hall–Kier alpha value is -3.00. The lowest BCUT2D eigenvalue weighted by atomic mass is 10.1. The van der Waals surface area contributed by atoms with Crippen molar-refractivity contribution in [2.75, 3.05) is 11.5 Å². The fraction of sp³-hybridized carbons (Fsp3) is 0.125. The highest BCUT2D eigenvalue weighted by Crippen LogP contribution is 2.28. The van der Waals surface area contributed by atoms with Crippen molar-refractivity contribution < 1.29 is 18.7 Å². The summed E-state index contributed by atoms with van der Waals surface area (Å²) in [7, 11) is 0. The van der Waals surface area contributed by atoms with Crippen LogP contribution in [0.2, 0.25) is 10.0 Å². The first kappa shape index (κ1) is 24.6. The second kappa shape index (κ2) is 11.2. The Morgan fingerprint density at radius 1 is 1.00 bits per heavy atom. The van der Waals surface area contributed by atoms with Crippen LogP contribution < -0.4 is 10.2 Å². The lowest BCUT2D eigenvalue weighted by molar-refractivity contribution is 0.0526. The summed E-state index contributed by atoms with van der Waals surface area (Å²) in [6, 6.07) is 17.1. The number of hydrogen-bond donors (Lipinski definition) is 1. The van der Waals surface area contributed by atoms with Gasteiger partial charge in [0.15, 0.2) is 5.11 Å². The van der Waals surface area contributed by atoms with Crippen molar-refractivity contribution in [3.63, 3.8) is 0 Å². The number of amides is 1. The first-order valence-corrected chi connectivity index (χ1v) is 11.1. The highest BCUT2D eigenvalue weighted by molar-refractivity contribution is 7.80. The third-order valence-corrected chi connectivity index (χ3v) is 5.68. The number of hydrogen-bond acceptors (Lipinski definition) is 4. The summed E-state index contributed by atoms with van der Waals surface area (Å²) in [6.07, 6.45) is 0. The van der Waals surface area contributed by atoms with Crippen molar-refractivity contribution in [3.8, 4) is 0 Å². The van der Waals surface area contributed by atoms with Crippen LogP contribution in [0.5, 0.6) is 0 Å². The van der Waals surface area contributed by atoms with Crippen LogP contribution in [0.3, 0.4) is 0 Å². The number of benzene rings is 3. The topological polar surface area (TPSA) is 58.6 Å². The van der Waals surface area contributed by atoms with Gasteiger partial charge in [0.2, 0.25) is 0 Å². The van der Waals surface area contributed by atoms with Crippen molar-refractivity contribution in [2.45, 2.75) is 13.5 Å². The number of anilines is 1. The molecule has 0 aliphatic rings. The number of rotatable bonds is 6. The van der Waals surface area contributed by atoms with Crippen LogP contribution in [0.15, 0.2) is 66.7 Å². The van der Waals surface area contributed by atoms with E-state index in [0.29, 0.717) is 26.9 Å². The fourth-order valence-electron chi connectivity index (χ4n) is 2.99. The zero-order valence-electron chi connectivity index (χ0n) is 17.5. The number of carbonyl (C=O) groups excluding carboxylic acids is 2. The SMILES string of the molecule is CCOC(=O)c1ccc(N(Cc2c(Cl)cccc2Cl)C(=S)NC(=O)c2ccccc2F)cc1. The third-order valence-electron chi connectivity index (χ3n) is 4.65. The van der Waals surface area contributed by atoms with Gasteiger partial charge in [-0.3, -0.25) is 10.1 Å². The van der Waals surface area contributed by atoms with Gasteiger partial charge >= 0.3 is 5.97 Å². The Bertz CT molecular complexity index is 1170. The molecule has 0 saturated carbocycles. The van der Waals surface area contributed by atoms with E-state index in [2.05, 4.69) is 5.32 Å². The molecular weight excluding hydrogens is 486 g/mol. The average Bonchev–Trinajstić information content (AvgIpc) is 2.79. The molecule has 3 aromatic rings. The predicted octanol–water partition coefficient (Wildman–Crippen LogP) is 6.03. The summed E-state index contributed by atoms with van der Waals surface area (Å²) in [5, 5.41) is 3.39. The molecule has 33 heavy (non-hydrogen) atoms. The van der Waals surface area contributed by atoms with E-state index in [4.69, 9.17) is 40.2 Å². The van der Waals surface area contributed by atoms with Gasteiger partial charge in [-0.1, -0.05) is 41.4 Å². The Morgan fingerprint density at radius 2 is 1.64 bits per heavy atom. The minimum atomic E-state index is -0.698. The van der Waals surface area contributed by atoms with Crippen molar-refractivity contribution >= 4 is 58.1 Å². The van der Waals surface area contributed by atoms with Gasteiger partial charge in [0.25, 0.3) is 5.91 Å². The Labute approximate surface area is 206 Å². The number of halogens is 3. The van der Waals surface area contributed by atoms with Crippen LogP contribution in [-0.2, 0) is 11.3 Å². The van der Waals surface area contributed by atoms with Crippen LogP contribution in [-0.4, -0.2) is 23.6 Å². The van der Waals surface area contributed by atoms with Gasteiger partial charge in [-0.2, -0.15) is 0 Å². The first-order valence-electron chi connectivity index (χ1n) is 9.89. The summed E-state index contributed by atoms with van der Waals surface area (Å²) in [5.41, 5.74) is 1.35. The van der Waals surface area contributed by atoms with E-state index in [1.54, 1.807) is 60.4 Å². The molecule has 0 unspecified atom stereocenters. The highest BCUT2D eigenvalue weighted by atomic mass is 35.5. The van der Waals surface area contributed by atoms with E-state index in [1.165, 1.54) is 18.2 Å². The summed E-state index contributed by atoms with van der Waals surface area (Å²) < 4.78 is 19.1. The van der Waals surface area contributed by atoms with Crippen LogP contribution in [0, 0.1) is 5.82 Å². The summed E-state index contributed by atoms with van der Waals surface area (Å²) in [5.74, 6) is -1.83. The van der Waals surface area contributed by atoms with E-state index in [-0.39, 0.29) is 23.8 Å². The third kappa shape index (κ3) is 6.07.